The molecule has 100 valence electrons. The maximum Gasteiger partial charge on any atom is 0.128 e. The summed E-state index contributed by atoms with van der Waals surface area (Å²) in [6.45, 7) is 7.09. The molecule has 0 saturated heterocycles. The Balaban J connectivity index is 2.65. The van der Waals surface area contributed by atoms with Crippen LogP contribution in [-0.2, 0) is 0 Å². The second-order valence-corrected chi connectivity index (χ2v) is 4.78. The number of rotatable bonds is 7. The van der Waals surface area contributed by atoms with E-state index in [0.717, 1.165) is 24.2 Å². The highest BCUT2D eigenvalue weighted by Gasteiger charge is 2.08. The van der Waals surface area contributed by atoms with E-state index < -0.39 is 0 Å². The van der Waals surface area contributed by atoms with Gasteiger partial charge in [-0.1, -0.05) is 38.1 Å². The molecule has 0 unspecified atom stereocenters. The first-order valence-corrected chi connectivity index (χ1v) is 6.62. The van der Waals surface area contributed by atoms with Crippen molar-refractivity contribution in [2.75, 3.05) is 6.61 Å². The zero-order chi connectivity index (χ0) is 13.4. The Kier molecular flexibility index (Phi) is 6.26. The molecular weight excluding hydrogens is 226 g/mol. The summed E-state index contributed by atoms with van der Waals surface area (Å²) in [5.74, 6) is 1.50. The zero-order valence-electron chi connectivity index (χ0n) is 11.5. The van der Waals surface area contributed by atoms with E-state index in [1.165, 1.54) is 0 Å². The van der Waals surface area contributed by atoms with Gasteiger partial charge in [0.15, 0.2) is 0 Å². The highest BCUT2D eigenvalue weighted by Crippen LogP contribution is 2.20. The van der Waals surface area contributed by atoms with Gasteiger partial charge in [-0.3, -0.25) is 0 Å². The average molecular weight is 249 g/mol. The van der Waals surface area contributed by atoms with E-state index in [2.05, 4.69) is 19.0 Å². The second-order valence-electron chi connectivity index (χ2n) is 4.78. The Morgan fingerprint density at radius 3 is 2.67 bits per heavy atom. The highest BCUT2D eigenvalue weighted by atomic mass is 16.5. The maximum atomic E-state index is 8.98. The largest absolute Gasteiger partial charge is 0.493 e. The third-order valence-corrected chi connectivity index (χ3v) is 2.84. The minimum atomic E-state index is 0.662. The number of ether oxygens (including phenoxy) is 1. The van der Waals surface area contributed by atoms with Crippen LogP contribution in [0, 0.1) is 5.92 Å². The molecule has 0 heterocycles. The smallest absolute Gasteiger partial charge is 0.128 e. The van der Waals surface area contributed by atoms with Gasteiger partial charge in [-0.2, -0.15) is 0 Å². The van der Waals surface area contributed by atoms with Crippen LogP contribution in [0.4, 0.5) is 0 Å². The quantitative estimate of drug-likeness (QED) is 0.342. The normalized spacial score (nSPS) is 11.9. The van der Waals surface area contributed by atoms with E-state index in [4.69, 9.17) is 9.94 Å². The van der Waals surface area contributed by atoms with Gasteiger partial charge in [0, 0.05) is 5.56 Å². The van der Waals surface area contributed by atoms with Crippen LogP contribution in [-0.4, -0.2) is 17.5 Å². The molecule has 3 heteroatoms. The van der Waals surface area contributed by atoms with E-state index in [0.29, 0.717) is 24.7 Å². The Labute approximate surface area is 109 Å². The van der Waals surface area contributed by atoms with Crippen LogP contribution in [0.25, 0.3) is 0 Å². The number of benzene rings is 1. The van der Waals surface area contributed by atoms with Gasteiger partial charge in [0.25, 0.3) is 0 Å². The monoisotopic (exact) mass is 249 g/mol. The van der Waals surface area contributed by atoms with E-state index in [1.54, 1.807) is 0 Å². The SMILES string of the molecule is CC/C(=N/O)c1ccccc1OCCCC(C)C. The molecule has 1 rings (SSSR count). The van der Waals surface area contributed by atoms with Crippen molar-refractivity contribution >= 4 is 5.71 Å². The van der Waals surface area contributed by atoms with Gasteiger partial charge in [-0.15, -0.1) is 0 Å². The summed E-state index contributed by atoms with van der Waals surface area (Å²) < 4.78 is 5.78. The van der Waals surface area contributed by atoms with Gasteiger partial charge in [0.05, 0.1) is 12.3 Å². The van der Waals surface area contributed by atoms with Gasteiger partial charge >= 0.3 is 0 Å². The summed E-state index contributed by atoms with van der Waals surface area (Å²) in [5, 5.41) is 12.3. The summed E-state index contributed by atoms with van der Waals surface area (Å²) in [6.07, 6.45) is 2.89. The lowest BCUT2D eigenvalue weighted by atomic mass is 10.1. The van der Waals surface area contributed by atoms with Crippen LogP contribution in [0.2, 0.25) is 0 Å². The molecule has 0 amide bonds. The minimum Gasteiger partial charge on any atom is -0.493 e. The summed E-state index contributed by atoms with van der Waals surface area (Å²) in [7, 11) is 0. The molecule has 0 aliphatic heterocycles. The number of hydrogen-bond donors (Lipinski definition) is 1. The number of hydrogen-bond acceptors (Lipinski definition) is 3. The lowest BCUT2D eigenvalue weighted by Gasteiger charge is -2.12. The van der Waals surface area contributed by atoms with E-state index >= 15 is 0 Å². The molecule has 0 aromatic heterocycles. The summed E-state index contributed by atoms with van der Waals surface area (Å²) >= 11 is 0. The zero-order valence-corrected chi connectivity index (χ0v) is 11.5. The van der Waals surface area contributed by atoms with E-state index in [9.17, 15) is 0 Å². The van der Waals surface area contributed by atoms with Crippen molar-refractivity contribution in [1.82, 2.24) is 0 Å². The number of para-hydroxylation sites is 1. The molecule has 1 aromatic carbocycles. The highest BCUT2D eigenvalue weighted by molar-refractivity contribution is 6.02. The molecule has 0 bridgehead atoms. The third kappa shape index (κ3) is 4.40. The molecule has 0 spiro atoms. The van der Waals surface area contributed by atoms with Crippen LogP contribution in [0.1, 0.15) is 45.6 Å². The fraction of sp³-hybridized carbons (Fsp3) is 0.533. The number of oxime groups is 1. The van der Waals surface area contributed by atoms with Gasteiger partial charge in [-0.25, -0.2) is 0 Å². The minimum absolute atomic E-state index is 0.662. The van der Waals surface area contributed by atoms with Crippen LogP contribution in [0.5, 0.6) is 5.75 Å². The summed E-state index contributed by atoms with van der Waals surface area (Å²) in [4.78, 5) is 0. The molecule has 0 radical (unpaired) electrons. The first-order valence-electron chi connectivity index (χ1n) is 6.62. The van der Waals surface area contributed by atoms with Crippen molar-refractivity contribution in [2.24, 2.45) is 11.1 Å². The Morgan fingerprint density at radius 1 is 1.33 bits per heavy atom. The summed E-state index contributed by atoms with van der Waals surface area (Å²) in [5.41, 5.74) is 1.54. The van der Waals surface area contributed by atoms with Gasteiger partial charge in [0.1, 0.15) is 5.75 Å². The topological polar surface area (TPSA) is 41.8 Å². The predicted octanol–water partition coefficient (Wildman–Crippen LogP) is 4.09. The lowest BCUT2D eigenvalue weighted by molar-refractivity contribution is 0.296. The second kappa shape index (κ2) is 7.75. The molecule has 3 nitrogen and oxygen atoms in total. The van der Waals surface area contributed by atoms with Gasteiger partial charge in [0.2, 0.25) is 0 Å². The molecule has 1 aromatic rings. The Hall–Kier alpha value is -1.51. The van der Waals surface area contributed by atoms with Gasteiger partial charge < -0.3 is 9.94 Å². The van der Waals surface area contributed by atoms with Crippen LogP contribution >= 0.6 is 0 Å². The fourth-order valence-electron chi connectivity index (χ4n) is 1.82. The standard InChI is InChI=1S/C15H23NO2/c1-4-14(16-17)13-9-5-6-10-15(13)18-11-7-8-12(2)3/h5-6,9-10,12,17H,4,7-8,11H2,1-3H3/b16-14-. The van der Waals surface area contributed by atoms with Crippen LogP contribution in [0.3, 0.4) is 0 Å². The van der Waals surface area contributed by atoms with Crippen molar-refractivity contribution < 1.29 is 9.94 Å². The molecule has 0 saturated carbocycles. The third-order valence-electron chi connectivity index (χ3n) is 2.84. The molecular formula is C15H23NO2. The Bertz CT molecular complexity index is 386. The van der Waals surface area contributed by atoms with Crippen LogP contribution < -0.4 is 4.74 Å². The van der Waals surface area contributed by atoms with Gasteiger partial charge in [-0.05, 0) is 37.3 Å². The van der Waals surface area contributed by atoms with Crippen molar-refractivity contribution in [1.29, 1.82) is 0 Å². The van der Waals surface area contributed by atoms with E-state index in [1.807, 2.05) is 31.2 Å². The van der Waals surface area contributed by atoms with Crippen molar-refractivity contribution in [3.8, 4) is 5.75 Å². The fourth-order valence-corrected chi connectivity index (χ4v) is 1.82. The first-order chi connectivity index (χ1) is 8.69. The predicted molar refractivity (Wildman–Crippen MR) is 74.6 cm³/mol. The summed E-state index contributed by atoms with van der Waals surface area (Å²) in [6, 6.07) is 7.71. The molecule has 0 aliphatic rings. The first kappa shape index (κ1) is 14.6. The Morgan fingerprint density at radius 2 is 2.06 bits per heavy atom. The van der Waals surface area contributed by atoms with Crippen molar-refractivity contribution in [3.63, 3.8) is 0 Å². The molecule has 1 N–H and O–H groups in total. The van der Waals surface area contributed by atoms with Crippen LogP contribution in [0.15, 0.2) is 29.4 Å². The van der Waals surface area contributed by atoms with Crippen molar-refractivity contribution in [3.05, 3.63) is 29.8 Å². The van der Waals surface area contributed by atoms with Crippen molar-refractivity contribution in [2.45, 2.75) is 40.0 Å². The molecule has 0 fully saturated rings. The maximum absolute atomic E-state index is 8.98. The molecule has 18 heavy (non-hydrogen) atoms. The lowest BCUT2D eigenvalue weighted by Crippen LogP contribution is -2.06. The molecule has 0 atom stereocenters. The number of nitrogens with zero attached hydrogens (tertiary/aromatic N) is 1. The molecule has 0 aliphatic carbocycles. The van der Waals surface area contributed by atoms with E-state index in [-0.39, 0.29) is 0 Å². The average Bonchev–Trinajstić information content (AvgIpc) is 2.37.